The van der Waals surface area contributed by atoms with Gasteiger partial charge in [0, 0.05) is 32.8 Å². The van der Waals surface area contributed by atoms with E-state index in [4.69, 9.17) is 14.2 Å². The second-order valence-electron chi connectivity index (χ2n) is 7.26. The Morgan fingerprint density at radius 3 is 2.60 bits per heavy atom. The summed E-state index contributed by atoms with van der Waals surface area (Å²) in [5.41, 5.74) is 1.20. The van der Waals surface area contributed by atoms with Gasteiger partial charge in [0.15, 0.2) is 0 Å². The third-order valence-electron chi connectivity index (χ3n) is 4.28. The lowest BCUT2D eigenvalue weighted by molar-refractivity contribution is -0.00391. The number of hydrogen-bond acceptors (Lipinski definition) is 5. The molecular weight excluding hydrogens is 318 g/mol. The van der Waals surface area contributed by atoms with Crippen LogP contribution in [0.1, 0.15) is 32.3 Å². The maximum Gasteiger partial charge on any atom is 0.118 e. The first kappa shape index (κ1) is 20.2. The Morgan fingerprint density at radius 1 is 1.24 bits per heavy atom. The normalized spacial score (nSPS) is 18.9. The minimum absolute atomic E-state index is 0.266. The van der Waals surface area contributed by atoms with Crippen molar-refractivity contribution in [2.24, 2.45) is 5.92 Å². The van der Waals surface area contributed by atoms with Crippen LogP contribution in [0.4, 0.5) is 0 Å². The van der Waals surface area contributed by atoms with Gasteiger partial charge in [-0.05, 0) is 36.5 Å². The molecule has 0 saturated carbocycles. The lowest BCUT2D eigenvalue weighted by Crippen LogP contribution is -2.39. The van der Waals surface area contributed by atoms with Crippen molar-refractivity contribution in [2.45, 2.75) is 45.4 Å². The number of hydrogen-bond donors (Lipinski definition) is 1. The van der Waals surface area contributed by atoms with Crippen molar-refractivity contribution >= 4 is 0 Å². The van der Waals surface area contributed by atoms with Crippen molar-refractivity contribution < 1.29 is 19.3 Å². The van der Waals surface area contributed by atoms with Gasteiger partial charge in [0.2, 0.25) is 0 Å². The molecule has 2 atom stereocenters. The Labute approximate surface area is 151 Å². The Morgan fingerprint density at radius 2 is 2.00 bits per heavy atom. The van der Waals surface area contributed by atoms with Crippen LogP contribution in [0.2, 0.25) is 0 Å². The minimum Gasteiger partial charge on any atom is -0.497 e. The summed E-state index contributed by atoms with van der Waals surface area (Å²) in [6, 6.07) is 8.09. The first-order valence-electron chi connectivity index (χ1n) is 9.29. The van der Waals surface area contributed by atoms with Gasteiger partial charge >= 0.3 is 0 Å². The van der Waals surface area contributed by atoms with Crippen LogP contribution in [0.3, 0.4) is 0 Å². The molecule has 0 aliphatic carbocycles. The molecule has 1 aliphatic heterocycles. The van der Waals surface area contributed by atoms with Crippen molar-refractivity contribution in [1.29, 1.82) is 0 Å². The number of nitrogens with zero attached hydrogens (tertiary/aromatic N) is 1. The molecule has 0 unspecified atom stereocenters. The fraction of sp³-hybridized carbons (Fsp3) is 0.700. The lowest BCUT2D eigenvalue weighted by atomic mass is 10.1. The molecule has 1 aromatic rings. The molecule has 0 bridgehead atoms. The summed E-state index contributed by atoms with van der Waals surface area (Å²) >= 11 is 0. The predicted molar refractivity (Wildman–Crippen MR) is 98.9 cm³/mol. The van der Waals surface area contributed by atoms with E-state index in [2.05, 4.69) is 30.9 Å². The van der Waals surface area contributed by atoms with Crippen LogP contribution in [-0.4, -0.2) is 62.2 Å². The van der Waals surface area contributed by atoms with Gasteiger partial charge in [-0.3, -0.25) is 4.90 Å². The number of rotatable bonds is 11. The maximum atomic E-state index is 10.3. The van der Waals surface area contributed by atoms with E-state index < -0.39 is 6.10 Å². The third-order valence-corrected chi connectivity index (χ3v) is 4.28. The monoisotopic (exact) mass is 351 g/mol. The van der Waals surface area contributed by atoms with Crippen molar-refractivity contribution in [3.8, 4) is 5.75 Å². The molecule has 0 aromatic heterocycles. The molecule has 5 heteroatoms. The summed E-state index contributed by atoms with van der Waals surface area (Å²) in [5, 5.41) is 10.3. The van der Waals surface area contributed by atoms with Gasteiger partial charge in [-0.25, -0.2) is 0 Å². The van der Waals surface area contributed by atoms with E-state index in [9.17, 15) is 5.11 Å². The van der Waals surface area contributed by atoms with Gasteiger partial charge in [-0.1, -0.05) is 26.0 Å². The van der Waals surface area contributed by atoms with Crippen LogP contribution in [-0.2, 0) is 16.0 Å². The standard InChI is InChI=1S/C20H33NO4/c1-16(2)14-24-15-18(22)12-21(13-20-5-4-10-25-20)11-17-6-8-19(23-3)9-7-17/h6-9,16,18,20,22H,4-5,10-15H2,1-3H3/t18-,20+/m1/s1. The lowest BCUT2D eigenvalue weighted by Gasteiger charge is -2.27. The Balaban J connectivity index is 1.89. The smallest absolute Gasteiger partial charge is 0.118 e. The summed E-state index contributed by atoms with van der Waals surface area (Å²) in [7, 11) is 1.67. The Kier molecular flexibility index (Phi) is 8.68. The van der Waals surface area contributed by atoms with Gasteiger partial charge in [-0.2, -0.15) is 0 Å². The molecule has 1 heterocycles. The summed E-state index contributed by atoms with van der Waals surface area (Å²) < 4.78 is 16.6. The molecule has 25 heavy (non-hydrogen) atoms. The second-order valence-corrected chi connectivity index (χ2v) is 7.26. The minimum atomic E-state index is -0.488. The topological polar surface area (TPSA) is 51.2 Å². The Hall–Kier alpha value is -1.14. The Bertz CT molecular complexity index is 471. The number of methoxy groups -OCH3 is 1. The summed E-state index contributed by atoms with van der Waals surface area (Å²) in [4.78, 5) is 2.27. The van der Waals surface area contributed by atoms with E-state index in [-0.39, 0.29) is 6.10 Å². The highest BCUT2D eigenvalue weighted by atomic mass is 16.5. The van der Waals surface area contributed by atoms with Crippen LogP contribution in [0, 0.1) is 5.92 Å². The highest BCUT2D eigenvalue weighted by Crippen LogP contribution is 2.17. The van der Waals surface area contributed by atoms with E-state index >= 15 is 0 Å². The van der Waals surface area contributed by atoms with Gasteiger partial charge in [0.25, 0.3) is 0 Å². The summed E-state index contributed by atoms with van der Waals surface area (Å²) in [5.74, 6) is 1.34. The molecule has 5 nitrogen and oxygen atoms in total. The van der Waals surface area contributed by atoms with Crippen molar-refractivity contribution in [2.75, 3.05) is 40.0 Å². The quantitative estimate of drug-likeness (QED) is 0.664. The number of ether oxygens (including phenoxy) is 3. The first-order valence-corrected chi connectivity index (χ1v) is 9.29. The summed E-state index contributed by atoms with van der Waals surface area (Å²) in [6.07, 6.45) is 2.00. The van der Waals surface area contributed by atoms with Crippen LogP contribution in [0.25, 0.3) is 0 Å². The van der Waals surface area contributed by atoms with Gasteiger partial charge < -0.3 is 19.3 Å². The van der Waals surface area contributed by atoms with Gasteiger partial charge in [-0.15, -0.1) is 0 Å². The molecule has 142 valence electrons. The second kappa shape index (κ2) is 10.8. The predicted octanol–water partition coefficient (Wildman–Crippen LogP) is 2.71. The largest absolute Gasteiger partial charge is 0.497 e. The van der Waals surface area contributed by atoms with Crippen LogP contribution in [0.5, 0.6) is 5.75 Å². The van der Waals surface area contributed by atoms with E-state index in [1.165, 1.54) is 5.56 Å². The van der Waals surface area contributed by atoms with Crippen LogP contribution < -0.4 is 4.74 Å². The molecule has 1 saturated heterocycles. The zero-order chi connectivity index (χ0) is 18.1. The number of benzene rings is 1. The molecular formula is C20H33NO4. The van der Waals surface area contributed by atoms with Crippen molar-refractivity contribution in [3.63, 3.8) is 0 Å². The fourth-order valence-corrected chi connectivity index (χ4v) is 3.06. The average Bonchev–Trinajstić information content (AvgIpc) is 3.08. The van der Waals surface area contributed by atoms with Crippen molar-refractivity contribution in [3.05, 3.63) is 29.8 Å². The average molecular weight is 351 g/mol. The van der Waals surface area contributed by atoms with Crippen molar-refractivity contribution in [1.82, 2.24) is 4.90 Å². The maximum absolute atomic E-state index is 10.3. The third kappa shape index (κ3) is 7.74. The van der Waals surface area contributed by atoms with Gasteiger partial charge in [0.1, 0.15) is 5.75 Å². The van der Waals surface area contributed by atoms with Crippen LogP contribution >= 0.6 is 0 Å². The number of aliphatic hydroxyl groups is 1. The van der Waals surface area contributed by atoms with E-state index in [1.54, 1.807) is 7.11 Å². The van der Waals surface area contributed by atoms with E-state index in [1.807, 2.05) is 12.1 Å². The molecule has 1 aromatic carbocycles. The highest BCUT2D eigenvalue weighted by Gasteiger charge is 2.21. The number of aliphatic hydroxyl groups excluding tert-OH is 1. The highest BCUT2D eigenvalue weighted by molar-refractivity contribution is 5.27. The zero-order valence-corrected chi connectivity index (χ0v) is 15.8. The molecule has 1 fully saturated rings. The SMILES string of the molecule is COc1ccc(CN(C[C@@H](O)COCC(C)C)C[C@@H]2CCCO2)cc1. The molecule has 1 N–H and O–H groups in total. The van der Waals surface area contributed by atoms with E-state index in [0.29, 0.717) is 25.7 Å². The molecule has 2 rings (SSSR count). The van der Waals surface area contributed by atoms with Gasteiger partial charge in [0.05, 0.1) is 25.9 Å². The first-order chi connectivity index (χ1) is 12.1. The van der Waals surface area contributed by atoms with E-state index in [0.717, 1.165) is 38.3 Å². The zero-order valence-electron chi connectivity index (χ0n) is 15.8. The molecule has 1 aliphatic rings. The fourth-order valence-electron chi connectivity index (χ4n) is 3.06. The molecule has 0 spiro atoms. The molecule has 0 amide bonds. The molecule has 0 radical (unpaired) electrons. The summed E-state index contributed by atoms with van der Waals surface area (Å²) in [6.45, 7) is 8.34. The van der Waals surface area contributed by atoms with Crippen LogP contribution in [0.15, 0.2) is 24.3 Å².